The van der Waals surface area contributed by atoms with Crippen LogP contribution in [0.3, 0.4) is 0 Å². The Morgan fingerprint density at radius 2 is 1.21 bits per heavy atom. The van der Waals surface area contributed by atoms with E-state index in [0.717, 1.165) is 71.9 Å². The van der Waals surface area contributed by atoms with Crippen LogP contribution < -0.4 is 37.2 Å². The average molecular weight is 522 g/mol. The lowest BCUT2D eigenvalue weighted by Crippen LogP contribution is -2.55. The highest BCUT2D eigenvalue weighted by molar-refractivity contribution is 5.15. The number of hydrogen-bond donors (Lipinski definition) is 7. The molecule has 7 nitrogen and oxygen atoms in total. The fourth-order valence-corrected chi connectivity index (χ4v) is 5.64. The standard InChI is InChI=1S/C31H51N7/c1-3-9-26(10-4-1)21-33-16-15-28-24-38-31-14-8-7-13-30(31)36-20-18-32-17-19-35-29(25-37-28)23-34-22-27-11-5-2-6-12-27/h1-6,9-12,28-38H,7-8,13-25H2/t28-,29+,30+,31+/m0/s1. The van der Waals surface area contributed by atoms with Gasteiger partial charge in [0.2, 0.25) is 0 Å². The molecule has 1 aliphatic carbocycles. The molecule has 0 amide bonds. The van der Waals surface area contributed by atoms with Gasteiger partial charge in [0.1, 0.15) is 0 Å². The molecule has 2 aliphatic rings. The first-order valence-electron chi connectivity index (χ1n) is 15.0. The molecule has 210 valence electrons. The topological polar surface area (TPSA) is 84.2 Å². The van der Waals surface area contributed by atoms with Crippen LogP contribution in [-0.4, -0.2) is 76.5 Å². The zero-order valence-corrected chi connectivity index (χ0v) is 23.2. The van der Waals surface area contributed by atoms with Crippen molar-refractivity contribution in [2.24, 2.45) is 0 Å². The molecule has 1 aliphatic heterocycles. The third-order valence-corrected chi connectivity index (χ3v) is 7.89. The Labute approximate surface area is 230 Å². The lowest BCUT2D eigenvalue weighted by molar-refractivity contribution is 0.272. The Morgan fingerprint density at radius 1 is 0.605 bits per heavy atom. The first-order valence-corrected chi connectivity index (χ1v) is 15.0. The van der Waals surface area contributed by atoms with E-state index in [4.69, 9.17) is 0 Å². The molecule has 0 unspecified atom stereocenters. The van der Waals surface area contributed by atoms with Crippen molar-refractivity contribution in [1.29, 1.82) is 0 Å². The average Bonchev–Trinajstić information content (AvgIpc) is 2.97. The van der Waals surface area contributed by atoms with E-state index in [-0.39, 0.29) is 0 Å². The van der Waals surface area contributed by atoms with Crippen LogP contribution in [0.4, 0.5) is 0 Å². The van der Waals surface area contributed by atoms with Gasteiger partial charge < -0.3 is 37.2 Å². The van der Waals surface area contributed by atoms with Crippen molar-refractivity contribution in [1.82, 2.24) is 37.2 Å². The fraction of sp³-hybridized carbons (Fsp3) is 0.613. The second-order valence-electron chi connectivity index (χ2n) is 10.9. The van der Waals surface area contributed by atoms with Crippen molar-refractivity contribution in [3.8, 4) is 0 Å². The Balaban J connectivity index is 1.31. The van der Waals surface area contributed by atoms with Crippen molar-refractivity contribution in [2.75, 3.05) is 52.4 Å². The quantitative estimate of drug-likeness (QED) is 0.254. The van der Waals surface area contributed by atoms with Crippen LogP contribution in [0.1, 0.15) is 43.2 Å². The minimum atomic E-state index is 0.381. The molecule has 38 heavy (non-hydrogen) atoms. The van der Waals surface area contributed by atoms with Gasteiger partial charge in [-0.15, -0.1) is 0 Å². The predicted octanol–water partition coefficient (Wildman–Crippen LogP) is 1.97. The number of benzene rings is 2. The van der Waals surface area contributed by atoms with Crippen molar-refractivity contribution in [3.63, 3.8) is 0 Å². The Bertz CT molecular complexity index is 850. The molecule has 2 fully saturated rings. The highest BCUT2D eigenvalue weighted by atomic mass is 15.1. The molecule has 7 N–H and O–H groups in total. The summed E-state index contributed by atoms with van der Waals surface area (Å²) in [6.07, 6.45) is 6.35. The molecule has 4 rings (SSSR count). The Kier molecular flexibility index (Phi) is 13.6. The van der Waals surface area contributed by atoms with Crippen LogP contribution in [0.2, 0.25) is 0 Å². The monoisotopic (exact) mass is 521 g/mol. The molecule has 1 saturated carbocycles. The second kappa shape index (κ2) is 17.7. The summed E-state index contributed by atoms with van der Waals surface area (Å²) >= 11 is 0. The first kappa shape index (κ1) is 29.2. The van der Waals surface area contributed by atoms with Gasteiger partial charge in [-0.3, -0.25) is 0 Å². The van der Waals surface area contributed by atoms with E-state index in [2.05, 4.69) is 97.9 Å². The third-order valence-electron chi connectivity index (χ3n) is 7.89. The molecule has 1 saturated heterocycles. The van der Waals surface area contributed by atoms with Crippen molar-refractivity contribution in [2.45, 2.75) is 69.4 Å². The third kappa shape index (κ3) is 11.1. The van der Waals surface area contributed by atoms with E-state index >= 15 is 0 Å². The van der Waals surface area contributed by atoms with Gasteiger partial charge in [-0.05, 0) is 36.9 Å². The van der Waals surface area contributed by atoms with Crippen molar-refractivity contribution in [3.05, 3.63) is 71.8 Å². The van der Waals surface area contributed by atoms with E-state index in [1.807, 2.05) is 0 Å². The summed E-state index contributed by atoms with van der Waals surface area (Å²) in [5.41, 5.74) is 2.68. The number of nitrogens with one attached hydrogen (secondary N) is 7. The maximum Gasteiger partial charge on any atom is 0.0318 e. The zero-order valence-electron chi connectivity index (χ0n) is 23.2. The zero-order chi connectivity index (χ0) is 26.1. The van der Waals surface area contributed by atoms with Gasteiger partial charge in [0, 0.05) is 83.1 Å². The summed E-state index contributed by atoms with van der Waals surface area (Å²) in [5, 5.41) is 26.5. The molecule has 1 heterocycles. The molecular formula is C31H51N7. The van der Waals surface area contributed by atoms with Gasteiger partial charge in [0.05, 0.1) is 0 Å². The molecule has 4 atom stereocenters. The summed E-state index contributed by atoms with van der Waals surface area (Å²) in [6, 6.07) is 23.4. The summed E-state index contributed by atoms with van der Waals surface area (Å²) in [6.45, 7) is 9.79. The lowest BCUT2D eigenvalue weighted by atomic mass is 9.90. The summed E-state index contributed by atoms with van der Waals surface area (Å²) in [7, 11) is 0. The number of fused-ring (bicyclic) bond motifs is 1. The highest BCUT2D eigenvalue weighted by Crippen LogP contribution is 2.18. The predicted molar refractivity (Wildman–Crippen MR) is 159 cm³/mol. The molecule has 0 radical (unpaired) electrons. The van der Waals surface area contributed by atoms with Gasteiger partial charge in [0.25, 0.3) is 0 Å². The summed E-state index contributed by atoms with van der Waals surface area (Å²) < 4.78 is 0. The second-order valence-corrected chi connectivity index (χ2v) is 10.9. The molecule has 2 aromatic rings. The molecular weight excluding hydrogens is 470 g/mol. The van der Waals surface area contributed by atoms with Gasteiger partial charge in [0.15, 0.2) is 0 Å². The maximum atomic E-state index is 3.97. The van der Waals surface area contributed by atoms with Crippen LogP contribution >= 0.6 is 0 Å². The van der Waals surface area contributed by atoms with E-state index < -0.39 is 0 Å². The van der Waals surface area contributed by atoms with Crippen LogP contribution in [0.5, 0.6) is 0 Å². The van der Waals surface area contributed by atoms with Crippen molar-refractivity contribution >= 4 is 0 Å². The summed E-state index contributed by atoms with van der Waals surface area (Å²) in [5.74, 6) is 0. The molecule has 2 aromatic carbocycles. The minimum Gasteiger partial charge on any atom is -0.314 e. The minimum absolute atomic E-state index is 0.381. The largest absolute Gasteiger partial charge is 0.314 e. The van der Waals surface area contributed by atoms with Crippen LogP contribution in [0.15, 0.2) is 60.7 Å². The maximum absolute atomic E-state index is 3.97. The number of hydrogen-bond acceptors (Lipinski definition) is 7. The van der Waals surface area contributed by atoms with E-state index in [1.165, 1.54) is 36.8 Å². The first-order chi connectivity index (χ1) is 18.9. The molecule has 0 aromatic heterocycles. The van der Waals surface area contributed by atoms with Crippen LogP contribution in [0, 0.1) is 0 Å². The number of rotatable bonds is 9. The van der Waals surface area contributed by atoms with E-state index in [1.54, 1.807) is 0 Å². The molecule has 0 spiro atoms. The Morgan fingerprint density at radius 3 is 1.92 bits per heavy atom. The van der Waals surface area contributed by atoms with Gasteiger partial charge in [-0.25, -0.2) is 0 Å². The summed E-state index contributed by atoms with van der Waals surface area (Å²) in [4.78, 5) is 0. The lowest BCUT2D eigenvalue weighted by Gasteiger charge is -2.34. The highest BCUT2D eigenvalue weighted by Gasteiger charge is 2.25. The van der Waals surface area contributed by atoms with Gasteiger partial charge in [-0.2, -0.15) is 0 Å². The smallest absolute Gasteiger partial charge is 0.0318 e. The van der Waals surface area contributed by atoms with Gasteiger partial charge >= 0.3 is 0 Å². The van der Waals surface area contributed by atoms with Crippen molar-refractivity contribution < 1.29 is 0 Å². The van der Waals surface area contributed by atoms with E-state index in [0.29, 0.717) is 24.2 Å². The SMILES string of the molecule is c1ccc(CNCC[C@H]2CN[C@@H]3CCCC[C@H]3NCCNCCN[C@H](CNCc3ccccc3)CN2)cc1. The van der Waals surface area contributed by atoms with Crippen LogP contribution in [0.25, 0.3) is 0 Å². The molecule has 0 bridgehead atoms. The van der Waals surface area contributed by atoms with Crippen LogP contribution in [-0.2, 0) is 13.1 Å². The van der Waals surface area contributed by atoms with E-state index in [9.17, 15) is 0 Å². The Hall–Kier alpha value is -1.84. The van der Waals surface area contributed by atoms with Gasteiger partial charge in [-0.1, -0.05) is 73.5 Å². The normalized spacial score (nSPS) is 26.1. The fourth-order valence-electron chi connectivity index (χ4n) is 5.64. The molecule has 7 heteroatoms.